The van der Waals surface area contributed by atoms with Crippen molar-refractivity contribution < 1.29 is 5.11 Å². The average Bonchev–Trinajstić information content (AvgIpc) is 3.00. The summed E-state index contributed by atoms with van der Waals surface area (Å²) in [6.45, 7) is 3.18. The van der Waals surface area contributed by atoms with E-state index < -0.39 is 0 Å². The molecule has 2 aromatic carbocycles. The van der Waals surface area contributed by atoms with Crippen molar-refractivity contribution in [1.29, 1.82) is 0 Å². The van der Waals surface area contributed by atoms with E-state index in [2.05, 4.69) is 42.6 Å². The first kappa shape index (κ1) is 14.3. The molecule has 0 bridgehead atoms. The maximum absolute atomic E-state index is 9.06. The van der Waals surface area contributed by atoms with Crippen LogP contribution in [0.4, 0.5) is 0 Å². The van der Waals surface area contributed by atoms with Crippen LogP contribution in [0.5, 0.6) is 0 Å². The smallest absolute Gasteiger partial charge is 0.0681 e. The molecule has 0 aliphatic heterocycles. The van der Waals surface area contributed by atoms with Gasteiger partial charge in [-0.25, -0.2) is 0 Å². The molecule has 0 radical (unpaired) electrons. The molecule has 21 heavy (non-hydrogen) atoms. The number of benzene rings is 2. The molecule has 0 fully saturated rings. The Morgan fingerprint density at radius 1 is 1.00 bits per heavy atom. The standard InChI is InChI=1S/C19H23NO/c1-14(18-10-9-17-3-2-4-19(17)11-18)20-12-15-5-7-16(13-21)8-6-15/h5-11,14,20-21H,2-4,12-13H2,1H3. The lowest BCUT2D eigenvalue weighted by Gasteiger charge is -2.16. The van der Waals surface area contributed by atoms with Crippen LogP contribution in [0, 0.1) is 0 Å². The van der Waals surface area contributed by atoms with Crippen LogP contribution in [0.1, 0.15) is 47.2 Å². The monoisotopic (exact) mass is 281 g/mol. The van der Waals surface area contributed by atoms with Gasteiger partial charge in [0.2, 0.25) is 0 Å². The molecule has 1 unspecified atom stereocenters. The Bertz CT molecular complexity index is 603. The van der Waals surface area contributed by atoms with Crippen molar-refractivity contribution in [1.82, 2.24) is 5.32 Å². The highest BCUT2D eigenvalue weighted by Gasteiger charge is 2.13. The topological polar surface area (TPSA) is 32.3 Å². The van der Waals surface area contributed by atoms with Crippen molar-refractivity contribution in [2.24, 2.45) is 0 Å². The summed E-state index contributed by atoms with van der Waals surface area (Å²) in [6, 6.07) is 15.4. The maximum atomic E-state index is 9.06. The minimum absolute atomic E-state index is 0.110. The second kappa shape index (κ2) is 6.42. The van der Waals surface area contributed by atoms with Crippen LogP contribution in [0.25, 0.3) is 0 Å². The predicted molar refractivity (Wildman–Crippen MR) is 86.1 cm³/mol. The zero-order chi connectivity index (χ0) is 14.7. The molecule has 2 N–H and O–H groups in total. The summed E-state index contributed by atoms with van der Waals surface area (Å²) >= 11 is 0. The van der Waals surface area contributed by atoms with Gasteiger partial charge in [-0.2, -0.15) is 0 Å². The molecule has 3 rings (SSSR count). The molecule has 0 amide bonds. The Kier molecular flexibility index (Phi) is 4.37. The van der Waals surface area contributed by atoms with Gasteiger partial charge < -0.3 is 10.4 Å². The summed E-state index contributed by atoms with van der Waals surface area (Å²) in [6.07, 6.45) is 3.78. The van der Waals surface area contributed by atoms with Gasteiger partial charge in [-0.15, -0.1) is 0 Å². The van der Waals surface area contributed by atoms with E-state index in [-0.39, 0.29) is 6.61 Å². The third-order valence-corrected chi connectivity index (χ3v) is 4.44. The predicted octanol–water partition coefficient (Wildman–Crippen LogP) is 3.52. The highest BCUT2D eigenvalue weighted by Crippen LogP contribution is 2.25. The van der Waals surface area contributed by atoms with Crippen LogP contribution in [-0.2, 0) is 26.0 Å². The number of aryl methyl sites for hydroxylation is 2. The molecule has 0 saturated carbocycles. The lowest BCUT2D eigenvalue weighted by molar-refractivity contribution is 0.282. The second-order valence-corrected chi connectivity index (χ2v) is 5.96. The molecule has 1 aliphatic carbocycles. The molecule has 0 heterocycles. The highest BCUT2D eigenvalue weighted by atomic mass is 16.3. The Morgan fingerprint density at radius 3 is 2.48 bits per heavy atom. The third kappa shape index (κ3) is 3.34. The number of hydrogen-bond acceptors (Lipinski definition) is 2. The average molecular weight is 281 g/mol. The van der Waals surface area contributed by atoms with Crippen molar-refractivity contribution >= 4 is 0 Å². The minimum atomic E-state index is 0.110. The quantitative estimate of drug-likeness (QED) is 0.879. The van der Waals surface area contributed by atoms with Crippen LogP contribution >= 0.6 is 0 Å². The molecule has 0 spiro atoms. The highest BCUT2D eigenvalue weighted by molar-refractivity contribution is 5.36. The summed E-state index contributed by atoms with van der Waals surface area (Å²) in [5.41, 5.74) is 6.66. The summed E-state index contributed by atoms with van der Waals surface area (Å²) in [7, 11) is 0. The van der Waals surface area contributed by atoms with Gasteiger partial charge in [0.15, 0.2) is 0 Å². The number of aliphatic hydroxyl groups is 1. The zero-order valence-corrected chi connectivity index (χ0v) is 12.6. The molecule has 2 heteroatoms. The fourth-order valence-corrected chi connectivity index (χ4v) is 3.01. The lowest BCUT2D eigenvalue weighted by Crippen LogP contribution is -2.18. The summed E-state index contributed by atoms with van der Waals surface area (Å²) in [5.74, 6) is 0. The van der Waals surface area contributed by atoms with Gasteiger partial charge in [-0.05, 0) is 54.0 Å². The third-order valence-electron chi connectivity index (χ3n) is 4.44. The van der Waals surface area contributed by atoms with Crippen LogP contribution in [0.15, 0.2) is 42.5 Å². The van der Waals surface area contributed by atoms with Crippen LogP contribution in [0.2, 0.25) is 0 Å². The zero-order valence-electron chi connectivity index (χ0n) is 12.6. The van der Waals surface area contributed by atoms with Gasteiger partial charge in [-0.1, -0.05) is 42.5 Å². The van der Waals surface area contributed by atoms with Gasteiger partial charge in [0.1, 0.15) is 0 Å². The van der Waals surface area contributed by atoms with E-state index >= 15 is 0 Å². The Labute approximate surface area is 126 Å². The number of nitrogens with one attached hydrogen (secondary N) is 1. The number of hydrogen-bond donors (Lipinski definition) is 2. The van der Waals surface area contributed by atoms with Crippen molar-refractivity contribution in [3.8, 4) is 0 Å². The van der Waals surface area contributed by atoms with E-state index in [0.717, 1.165) is 12.1 Å². The first-order chi connectivity index (χ1) is 10.3. The minimum Gasteiger partial charge on any atom is -0.392 e. The number of rotatable bonds is 5. The summed E-state index contributed by atoms with van der Waals surface area (Å²) < 4.78 is 0. The van der Waals surface area contributed by atoms with E-state index in [1.54, 1.807) is 0 Å². The fourth-order valence-electron chi connectivity index (χ4n) is 3.01. The molecule has 0 saturated heterocycles. The Hall–Kier alpha value is -1.64. The molecule has 2 nitrogen and oxygen atoms in total. The van der Waals surface area contributed by atoms with Crippen LogP contribution < -0.4 is 5.32 Å². The van der Waals surface area contributed by atoms with E-state index in [9.17, 15) is 0 Å². The second-order valence-electron chi connectivity index (χ2n) is 5.96. The summed E-state index contributed by atoms with van der Waals surface area (Å²) in [5, 5.41) is 12.6. The molecular weight excluding hydrogens is 258 g/mol. The van der Waals surface area contributed by atoms with Gasteiger partial charge in [0.25, 0.3) is 0 Å². The van der Waals surface area contributed by atoms with Crippen LogP contribution in [0.3, 0.4) is 0 Å². The van der Waals surface area contributed by atoms with E-state index in [4.69, 9.17) is 5.11 Å². The number of aliphatic hydroxyl groups excluding tert-OH is 1. The number of fused-ring (bicyclic) bond motifs is 1. The maximum Gasteiger partial charge on any atom is 0.0681 e. The molecule has 0 aromatic heterocycles. The van der Waals surface area contributed by atoms with E-state index in [1.807, 2.05) is 12.1 Å². The molecular formula is C19H23NO. The summed E-state index contributed by atoms with van der Waals surface area (Å²) in [4.78, 5) is 0. The van der Waals surface area contributed by atoms with Gasteiger partial charge in [0, 0.05) is 12.6 Å². The van der Waals surface area contributed by atoms with E-state index in [0.29, 0.717) is 6.04 Å². The van der Waals surface area contributed by atoms with Crippen LogP contribution in [-0.4, -0.2) is 5.11 Å². The molecule has 2 aromatic rings. The Balaban J connectivity index is 1.61. The first-order valence-corrected chi connectivity index (χ1v) is 7.80. The van der Waals surface area contributed by atoms with Crippen molar-refractivity contribution in [3.63, 3.8) is 0 Å². The van der Waals surface area contributed by atoms with Crippen molar-refractivity contribution in [2.75, 3.05) is 0 Å². The van der Waals surface area contributed by atoms with Gasteiger partial charge >= 0.3 is 0 Å². The lowest BCUT2D eigenvalue weighted by atomic mass is 10.0. The van der Waals surface area contributed by atoms with Crippen molar-refractivity contribution in [3.05, 3.63) is 70.3 Å². The molecule has 1 atom stereocenters. The van der Waals surface area contributed by atoms with E-state index in [1.165, 1.54) is 41.5 Å². The normalized spacial score (nSPS) is 15.0. The first-order valence-electron chi connectivity index (χ1n) is 7.80. The largest absolute Gasteiger partial charge is 0.392 e. The van der Waals surface area contributed by atoms with Gasteiger partial charge in [0.05, 0.1) is 6.61 Å². The molecule has 110 valence electrons. The van der Waals surface area contributed by atoms with Gasteiger partial charge in [-0.3, -0.25) is 0 Å². The SMILES string of the molecule is CC(NCc1ccc(CO)cc1)c1ccc2c(c1)CCC2. The van der Waals surface area contributed by atoms with Crippen molar-refractivity contribution in [2.45, 2.75) is 45.4 Å². The Morgan fingerprint density at radius 2 is 1.71 bits per heavy atom. The molecule has 1 aliphatic rings. The fraction of sp³-hybridized carbons (Fsp3) is 0.368.